The molecule has 1 amide bonds. The van der Waals surface area contributed by atoms with Gasteiger partial charge < -0.3 is 15.0 Å². The van der Waals surface area contributed by atoms with Gasteiger partial charge in [-0.2, -0.15) is 5.26 Å². The average molecular weight is 327 g/mol. The van der Waals surface area contributed by atoms with E-state index in [9.17, 15) is 15.2 Å². The van der Waals surface area contributed by atoms with Crippen LogP contribution >= 0.6 is 11.8 Å². The molecular formula is C17H17N3O2S. The molecule has 2 saturated heterocycles. The number of nitriles is 1. The molecule has 1 unspecified atom stereocenters. The Morgan fingerprint density at radius 1 is 1.43 bits per heavy atom. The number of nitrogens with one attached hydrogen (secondary N) is 1. The Morgan fingerprint density at radius 2 is 2.17 bits per heavy atom. The van der Waals surface area contributed by atoms with Crippen molar-refractivity contribution in [3.05, 3.63) is 36.0 Å². The van der Waals surface area contributed by atoms with E-state index in [1.54, 1.807) is 16.7 Å². The van der Waals surface area contributed by atoms with Crippen LogP contribution in [-0.4, -0.2) is 37.1 Å². The molecule has 2 fully saturated rings. The van der Waals surface area contributed by atoms with Gasteiger partial charge in [0, 0.05) is 16.0 Å². The molecule has 0 aliphatic carbocycles. The van der Waals surface area contributed by atoms with Crippen molar-refractivity contribution < 1.29 is 9.90 Å². The third-order valence-corrected chi connectivity index (χ3v) is 6.41. The Labute approximate surface area is 138 Å². The number of carbonyl (C=O) groups excluding carboxylic acids is 1. The second-order valence-electron chi connectivity index (χ2n) is 6.67. The number of hydrogen-bond acceptors (Lipinski definition) is 4. The van der Waals surface area contributed by atoms with E-state index >= 15 is 0 Å². The van der Waals surface area contributed by atoms with Crippen molar-refractivity contribution in [3.8, 4) is 6.07 Å². The van der Waals surface area contributed by atoms with E-state index in [4.69, 9.17) is 0 Å². The summed E-state index contributed by atoms with van der Waals surface area (Å²) in [6, 6.07) is 11.5. The lowest BCUT2D eigenvalue weighted by Crippen LogP contribution is -2.61. The molecule has 2 aromatic rings. The first kappa shape index (κ1) is 14.6. The summed E-state index contributed by atoms with van der Waals surface area (Å²) in [5.41, 5.74) is 1.60. The Hall–Kier alpha value is -1.97. The third kappa shape index (κ3) is 1.93. The zero-order valence-electron chi connectivity index (χ0n) is 12.9. The molecule has 5 nitrogen and oxygen atoms in total. The van der Waals surface area contributed by atoms with Gasteiger partial charge in [-0.05, 0) is 31.4 Å². The number of aliphatic hydroxyl groups excluding tert-OH is 1. The van der Waals surface area contributed by atoms with Crippen molar-refractivity contribution in [1.29, 1.82) is 5.26 Å². The standard InChI is InChI=1S/C17H17N3O2S/c1-17(2)12(8-18)20-15(22)13(16(20)23-17)14(21)11-7-9-5-3-4-6-10(9)19-11/h3-7,12-14,16,19,21H,1-2H3/t12-,13-,14?,16-/m0/s1. The van der Waals surface area contributed by atoms with E-state index in [0.717, 1.165) is 10.9 Å². The Kier molecular flexibility index (Phi) is 3.03. The van der Waals surface area contributed by atoms with Gasteiger partial charge in [-0.15, -0.1) is 11.8 Å². The summed E-state index contributed by atoms with van der Waals surface area (Å²) in [6.45, 7) is 3.95. The van der Waals surface area contributed by atoms with Crippen molar-refractivity contribution in [1.82, 2.24) is 9.88 Å². The number of carbonyl (C=O) groups is 1. The van der Waals surface area contributed by atoms with Crippen molar-refractivity contribution in [2.75, 3.05) is 0 Å². The van der Waals surface area contributed by atoms with E-state index in [1.807, 2.05) is 44.2 Å². The van der Waals surface area contributed by atoms with Crippen molar-refractivity contribution >= 4 is 28.6 Å². The van der Waals surface area contributed by atoms with Crippen LogP contribution in [0.4, 0.5) is 0 Å². The van der Waals surface area contributed by atoms with Gasteiger partial charge >= 0.3 is 0 Å². The maximum Gasteiger partial charge on any atom is 0.233 e. The zero-order chi connectivity index (χ0) is 16.4. The molecule has 0 bridgehead atoms. The fraction of sp³-hybridized carbons (Fsp3) is 0.412. The number of aromatic nitrogens is 1. The highest BCUT2D eigenvalue weighted by atomic mass is 32.2. The van der Waals surface area contributed by atoms with Gasteiger partial charge in [0.1, 0.15) is 12.1 Å². The molecule has 0 radical (unpaired) electrons. The summed E-state index contributed by atoms with van der Waals surface area (Å²) in [7, 11) is 0. The molecule has 4 rings (SSSR count). The molecule has 118 valence electrons. The fourth-order valence-electron chi connectivity index (χ4n) is 3.58. The molecule has 2 aliphatic heterocycles. The van der Waals surface area contributed by atoms with Crippen LogP contribution in [0.25, 0.3) is 10.9 Å². The van der Waals surface area contributed by atoms with Gasteiger partial charge in [0.15, 0.2) is 0 Å². The van der Waals surface area contributed by atoms with E-state index in [0.29, 0.717) is 5.69 Å². The van der Waals surface area contributed by atoms with Crippen LogP contribution in [0.5, 0.6) is 0 Å². The number of amides is 1. The highest BCUT2D eigenvalue weighted by molar-refractivity contribution is 8.01. The quantitative estimate of drug-likeness (QED) is 0.830. The summed E-state index contributed by atoms with van der Waals surface area (Å²) in [5.74, 6) is -0.628. The van der Waals surface area contributed by atoms with E-state index in [2.05, 4.69) is 11.1 Å². The molecule has 0 spiro atoms. The second kappa shape index (κ2) is 4.76. The van der Waals surface area contributed by atoms with Crippen LogP contribution in [0.15, 0.2) is 30.3 Å². The van der Waals surface area contributed by atoms with Gasteiger partial charge in [-0.25, -0.2) is 0 Å². The van der Waals surface area contributed by atoms with Gasteiger partial charge in [-0.3, -0.25) is 4.79 Å². The number of rotatable bonds is 2. The van der Waals surface area contributed by atoms with Gasteiger partial charge in [0.2, 0.25) is 5.91 Å². The number of H-pyrrole nitrogens is 1. The first-order chi connectivity index (χ1) is 10.9. The third-order valence-electron chi connectivity index (χ3n) is 4.81. The molecule has 2 N–H and O–H groups in total. The molecule has 1 aromatic carbocycles. The zero-order valence-corrected chi connectivity index (χ0v) is 13.7. The molecule has 0 saturated carbocycles. The summed E-state index contributed by atoms with van der Waals surface area (Å²) in [4.78, 5) is 17.3. The van der Waals surface area contributed by atoms with Crippen LogP contribution in [0.3, 0.4) is 0 Å². The Bertz CT molecular complexity index is 805. The number of hydrogen-bond donors (Lipinski definition) is 2. The SMILES string of the molecule is CC1(C)S[C@H]2[C@@H](C(O)c3cc4ccccc4[nH]3)C(=O)N2[C@H]1C#N. The molecule has 1 aromatic heterocycles. The topological polar surface area (TPSA) is 80.1 Å². The molecule has 2 aliphatic rings. The average Bonchev–Trinajstić information content (AvgIpc) is 3.04. The largest absolute Gasteiger partial charge is 0.386 e. The molecular weight excluding hydrogens is 310 g/mol. The number of aliphatic hydroxyl groups is 1. The normalized spacial score (nSPS) is 29.9. The Morgan fingerprint density at radius 3 is 2.87 bits per heavy atom. The maximum absolute atomic E-state index is 12.5. The number of aromatic amines is 1. The van der Waals surface area contributed by atoms with Crippen LogP contribution in [0, 0.1) is 17.2 Å². The van der Waals surface area contributed by atoms with Gasteiger partial charge in [0.25, 0.3) is 0 Å². The number of para-hydroxylation sites is 1. The lowest BCUT2D eigenvalue weighted by atomic mass is 9.87. The van der Waals surface area contributed by atoms with Crippen molar-refractivity contribution in [2.45, 2.75) is 36.1 Å². The molecule has 3 heterocycles. The van der Waals surface area contributed by atoms with Crippen LogP contribution in [0.2, 0.25) is 0 Å². The molecule has 4 atom stereocenters. The van der Waals surface area contributed by atoms with E-state index in [-0.39, 0.29) is 16.0 Å². The predicted molar refractivity (Wildman–Crippen MR) is 88.5 cm³/mol. The molecule has 6 heteroatoms. The highest BCUT2D eigenvalue weighted by Gasteiger charge is 2.63. The molecule has 23 heavy (non-hydrogen) atoms. The summed E-state index contributed by atoms with van der Waals surface area (Å²) in [5, 5.41) is 20.9. The fourth-order valence-corrected chi connectivity index (χ4v) is 5.25. The number of benzene rings is 1. The number of nitrogens with zero attached hydrogens (tertiary/aromatic N) is 2. The van der Waals surface area contributed by atoms with Crippen LogP contribution < -0.4 is 0 Å². The monoisotopic (exact) mass is 327 g/mol. The van der Waals surface area contributed by atoms with Gasteiger partial charge in [-0.1, -0.05) is 18.2 Å². The summed E-state index contributed by atoms with van der Waals surface area (Å²) < 4.78 is -0.315. The Balaban J connectivity index is 1.64. The summed E-state index contributed by atoms with van der Waals surface area (Å²) >= 11 is 1.60. The number of β-lactam (4-membered cyclic amide) rings is 1. The van der Waals surface area contributed by atoms with Gasteiger partial charge in [0.05, 0.1) is 17.4 Å². The minimum absolute atomic E-state index is 0.134. The van der Waals surface area contributed by atoms with E-state index in [1.165, 1.54) is 0 Å². The van der Waals surface area contributed by atoms with Crippen LogP contribution in [-0.2, 0) is 4.79 Å². The second-order valence-corrected chi connectivity index (χ2v) is 8.44. The highest BCUT2D eigenvalue weighted by Crippen LogP contribution is 2.55. The lowest BCUT2D eigenvalue weighted by Gasteiger charge is -2.44. The lowest BCUT2D eigenvalue weighted by molar-refractivity contribution is -0.159. The summed E-state index contributed by atoms with van der Waals surface area (Å²) in [6.07, 6.45) is -0.878. The minimum atomic E-state index is -0.878. The van der Waals surface area contributed by atoms with Crippen LogP contribution in [0.1, 0.15) is 25.6 Å². The minimum Gasteiger partial charge on any atom is -0.386 e. The van der Waals surface area contributed by atoms with Crippen molar-refractivity contribution in [3.63, 3.8) is 0 Å². The van der Waals surface area contributed by atoms with E-state index < -0.39 is 18.1 Å². The van der Waals surface area contributed by atoms with Crippen molar-refractivity contribution in [2.24, 2.45) is 5.92 Å². The smallest absolute Gasteiger partial charge is 0.233 e. The predicted octanol–water partition coefficient (Wildman–Crippen LogP) is 2.40. The first-order valence-electron chi connectivity index (χ1n) is 7.59. The maximum atomic E-state index is 12.5. The number of fused-ring (bicyclic) bond motifs is 2. The first-order valence-corrected chi connectivity index (χ1v) is 8.47. The number of thioether (sulfide) groups is 1.